The van der Waals surface area contributed by atoms with Crippen LogP contribution >= 0.6 is 0 Å². The highest BCUT2D eigenvalue weighted by Crippen LogP contribution is 2.76. The van der Waals surface area contributed by atoms with E-state index in [2.05, 4.69) is 40.7 Å². The standard InChI is InChI=1S/C57H88O22/c1-12-25(3)47(70)78-44-45(79-48(71)26(4)13-2)57(24-59)28(20-52(44,5)6)27-14-15-32-54(9)18-17-34(53(7,8)31(54)16-19-55(32,10)56(27,11)21-33(57)61)74-51-43(77-50-39(66)37(64)36(63)30(22-58)73-50)41(40(67)42(76-51)46(68)69)75-49-38(65)35(62)29(60)23-72-49/h12-14,28-45,49-51,58-67H,15-24H2,1-11H3,(H,68,69)/b25-12-,26-13-/t28-,29+,30+,31-,32+,33+,34-,35-,36-,37-,38+,39+,40-,41-,42-,43+,44-,45-,49-,50-,51+,54-,55+,56+,57-/m0/s1. The van der Waals surface area contributed by atoms with Crippen molar-refractivity contribution < 1.29 is 108 Å². The number of aliphatic hydroxyl groups excluding tert-OH is 10. The molecular formula is C57H88O22. The van der Waals surface area contributed by atoms with Crippen LogP contribution in [0.2, 0.25) is 0 Å². The molecule has 22 heteroatoms. The number of esters is 2. The Kier molecular flexibility index (Phi) is 17.7. The number of carbonyl (C=O) groups excluding carboxylic acids is 2. The summed E-state index contributed by atoms with van der Waals surface area (Å²) in [4.78, 5) is 40.3. The summed E-state index contributed by atoms with van der Waals surface area (Å²) in [5.41, 5.74) is -2.71. The van der Waals surface area contributed by atoms with Crippen molar-refractivity contribution >= 4 is 17.9 Å². The molecule has 0 aromatic heterocycles. The number of fused-ring (bicyclic) bond motifs is 7. The predicted octanol–water partition coefficient (Wildman–Crippen LogP) is 1.29. The molecule has 7 fully saturated rings. The molecule has 0 radical (unpaired) electrons. The first-order valence-electron chi connectivity index (χ1n) is 28.0. The zero-order chi connectivity index (χ0) is 58.4. The highest BCUT2D eigenvalue weighted by molar-refractivity contribution is 5.89. The molecule has 3 saturated heterocycles. The van der Waals surface area contributed by atoms with Gasteiger partial charge in [-0.05, 0) is 112 Å². The summed E-state index contributed by atoms with van der Waals surface area (Å²) in [7, 11) is 0. The molecule has 0 bridgehead atoms. The Morgan fingerprint density at radius 2 is 1.29 bits per heavy atom. The number of hydrogen-bond donors (Lipinski definition) is 11. The molecule has 25 atom stereocenters. The van der Waals surface area contributed by atoms with Crippen molar-refractivity contribution in [3.63, 3.8) is 0 Å². The fourth-order valence-corrected chi connectivity index (χ4v) is 16.1. The second kappa shape index (κ2) is 22.5. The summed E-state index contributed by atoms with van der Waals surface area (Å²) in [6, 6.07) is 0. The van der Waals surface area contributed by atoms with Crippen molar-refractivity contribution in [3.8, 4) is 0 Å². The van der Waals surface area contributed by atoms with Crippen molar-refractivity contribution in [1.29, 1.82) is 0 Å². The Morgan fingerprint density at radius 1 is 0.684 bits per heavy atom. The van der Waals surface area contributed by atoms with E-state index in [1.165, 1.54) is 0 Å². The molecule has 79 heavy (non-hydrogen) atoms. The van der Waals surface area contributed by atoms with Gasteiger partial charge in [0.25, 0.3) is 0 Å². The largest absolute Gasteiger partial charge is 0.479 e. The minimum atomic E-state index is -2.10. The van der Waals surface area contributed by atoms with Gasteiger partial charge >= 0.3 is 17.9 Å². The molecule has 8 rings (SSSR count). The molecule has 0 unspecified atom stereocenters. The molecule has 3 aliphatic heterocycles. The lowest BCUT2D eigenvalue weighted by molar-refractivity contribution is -0.392. The van der Waals surface area contributed by atoms with Gasteiger partial charge < -0.3 is 94.1 Å². The zero-order valence-corrected chi connectivity index (χ0v) is 47.3. The highest BCUT2D eigenvalue weighted by atomic mass is 16.8. The van der Waals surface area contributed by atoms with Crippen LogP contribution in [0, 0.1) is 50.2 Å². The van der Waals surface area contributed by atoms with Crippen molar-refractivity contribution in [2.45, 2.75) is 232 Å². The van der Waals surface area contributed by atoms with E-state index < -0.39 is 181 Å². The van der Waals surface area contributed by atoms with E-state index in [0.717, 1.165) is 5.57 Å². The van der Waals surface area contributed by atoms with Crippen LogP contribution in [-0.4, -0.2) is 204 Å². The van der Waals surface area contributed by atoms with Gasteiger partial charge in [-0.25, -0.2) is 14.4 Å². The zero-order valence-electron chi connectivity index (χ0n) is 47.3. The molecule has 3 heterocycles. The minimum absolute atomic E-state index is 0.0231. The summed E-state index contributed by atoms with van der Waals surface area (Å²) in [5.74, 6) is -3.40. The summed E-state index contributed by atoms with van der Waals surface area (Å²) >= 11 is 0. The van der Waals surface area contributed by atoms with Crippen LogP contribution in [0.4, 0.5) is 0 Å². The van der Waals surface area contributed by atoms with E-state index in [1.807, 2.05) is 13.8 Å². The fourth-order valence-electron chi connectivity index (χ4n) is 16.1. The molecule has 0 spiro atoms. The first-order chi connectivity index (χ1) is 36.9. The first-order valence-corrected chi connectivity index (χ1v) is 28.0. The molecule has 5 aliphatic carbocycles. The van der Waals surface area contributed by atoms with E-state index in [4.69, 9.17) is 37.9 Å². The third-order valence-electron chi connectivity index (χ3n) is 21.2. The van der Waals surface area contributed by atoms with Crippen molar-refractivity contribution in [3.05, 3.63) is 34.9 Å². The molecule has 448 valence electrons. The average Bonchev–Trinajstić information content (AvgIpc) is 1.96. The maximum atomic E-state index is 13.8. The monoisotopic (exact) mass is 1120 g/mol. The van der Waals surface area contributed by atoms with Gasteiger partial charge in [0, 0.05) is 16.6 Å². The lowest BCUT2D eigenvalue weighted by atomic mass is 9.33. The molecule has 4 saturated carbocycles. The third-order valence-corrected chi connectivity index (χ3v) is 21.2. The SMILES string of the molecule is C/C=C(/C)C(=O)O[C@H]1[C@H](OC(=O)/C(C)=C\C)[C@]2(CO)[C@H](O)C[C@]3(C)C(=CC[C@@H]4[C@@]5(C)CC[C@H](O[C@@H]6O[C@H](C(=O)O)[C@@H](O)[C@H](O[C@@H]7OC[C@@H](O)[C@H](O)[C@H]7O)[C@H]6O[C@@H]6O[C@H](CO)[C@H](O)[C@H](O)[C@H]6O)C(C)(C)[C@@H]5CC[C@]43C)[C@@H]2CC1(C)C. The smallest absolute Gasteiger partial charge is 0.335 e. The van der Waals surface area contributed by atoms with Gasteiger partial charge in [0.2, 0.25) is 0 Å². The second-order valence-electron chi connectivity index (χ2n) is 26.0. The summed E-state index contributed by atoms with van der Waals surface area (Å²) in [5, 5.41) is 121. The number of carboxylic acids is 1. The molecular weight excluding hydrogens is 1040 g/mol. The van der Waals surface area contributed by atoms with Gasteiger partial charge in [-0.1, -0.05) is 72.3 Å². The predicted molar refractivity (Wildman–Crippen MR) is 275 cm³/mol. The van der Waals surface area contributed by atoms with Gasteiger partial charge in [-0.15, -0.1) is 0 Å². The number of allylic oxidation sites excluding steroid dienone is 4. The Bertz CT molecular complexity index is 2350. The summed E-state index contributed by atoms with van der Waals surface area (Å²) in [6.45, 7) is 19.6. The van der Waals surface area contributed by atoms with Gasteiger partial charge in [-0.2, -0.15) is 0 Å². The van der Waals surface area contributed by atoms with E-state index in [9.17, 15) is 70.6 Å². The molecule has 11 N–H and O–H groups in total. The Balaban J connectivity index is 1.12. The average molecular weight is 1130 g/mol. The van der Waals surface area contributed by atoms with Gasteiger partial charge in [0.15, 0.2) is 31.1 Å². The van der Waals surface area contributed by atoms with Gasteiger partial charge in [-0.3, -0.25) is 0 Å². The van der Waals surface area contributed by atoms with Crippen LogP contribution in [0.1, 0.15) is 121 Å². The molecule has 0 aromatic rings. The van der Waals surface area contributed by atoms with Gasteiger partial charge in [0.05, 0.1) is 37.4 Å². The van der Waals surface area contributed by atoms with E-state index >= 15 is 0 Å². The normalized spacial score (nSPS) is 48.7. The molecule has 22 nitrogen and oxygen atoms in total. The number of hydrogen-bond acceptors (Lipinski definition) is 21. The van der Waals surface area contributed by atoms with Crippen LogP contribution in [-0.2, 0) is 52.3 Å². The fraction of sp³-hybridized carbons (Fsp3) is 0.842. The van der Waals surface area contributed by atoms with Crippen LogP contribution in [0.15, 0.2) is 34.9 Å². The highest BCUT2D eigenvalue weighted by Gasteiger charge is 2.74. The number of rotatable bonds is 13. The minimum Gasteiger partial charge on any atom is -0.479 e. The Hall–Kier alpha value is -3.01. The van der Waals surface area contributed by atoms with Crippen molar-refractivity contribution in [1.82, 2.24) is 0 Å². The van der Waals surface area contributed by atoms with Crippen molar-refractivity contribution in [2.75, 3.05) is 19.8 Å². The van der Waals surface area contributed by atoms with E-state index in [1.54, 1.807) is 39.8 Å². The van der Waals surface area contributed by atoms with Crippen molar-refractivity contribution in [2.24, 2.45) is 50.2 Å². The number of aliphatic hydroxyl groups is 10. The topological polar surface area (TPSA) is 348 Å². The Morgan fingerprint density at radius 3 is 1.89 bits per heavy atom. The van der Waals surface area contributed by atoms with Crippen LogP contribution in [0.25, 0.3) is 0 Å². The second-order valence-corrected chi connectivity index (χ2v) is 26.0. The van der Waals surface area contributed by atoms with Crippen LogP contribution in [0.5, 0.6) is 0 Å². The van der Waals surface area contributed by atoms with Gasteiger partial charge in [0.1, 0.15) is 67.1 Å². The number of carbonyl (C=O) groups is 3. The quantitative estimate of drug-likeness (QED) is 0.0536. The molecule has 8 aliphatic rings. The van der Waals surface area contributed by atoms with Crippen LogP contribution in [0.3, 0.4) is 0 Å². The molecule has 0 amide bonds. The first kappa shape index (κ1) is 62.0. The van der Waals surface area contributed by atoms with E-state index in [-0.39, 0.29) is 23.7 Å². The number of aliphatic carboxylic acids is 1. The summed E-state index contributed by atoms with van der Waals surface area (Å²) in [6.07, 6.45) is -20.6. The summed E-state index contributed by atoms with van der Waals surface area (Å²) < 4.78 is 49.1. The third kappa shape index (κ3) is 10.1. The number of ether oxygens (including phenoxy) is 8. The Labute approximate surface area is 461 Å². The maximum Gasteiger partial charge on any atom is 0.335 e. The van der Waals surface area contributed by atoms with E-state index in [0.29, 0.717) is 49.7 Å². The number of carboxylic acid groups (broad SMARTS) is 1. The maximum absolute atomic E-state index is 13.8. The van der Waals surface area contributed by atoms with Crippen LogP contribution < -0.4 is 0 Å². The lowest BCUT2D eigenvalue weighted by Crippen LogP contribution is -2.72. The lowest BCUT2D eigenvalue weighted by Gasteiger charge is -2.72. The molecule has 0 aromatic carbocycles.